The summed E-state index contributed by atoms with van der Waals surface area (Å²) in [6.45, 7) is 4.10. The Morgan fingerprint density at radius 1 is 1.31 bits per heavy atom. The molecule has 0 heterocycles. The van der Waals surface area contributed by atoms with Gasteiger partial charge in [-0.1, -0.05) is 30.1 Å². The monoisotopic (exact) mass is 261 g/mol. The lowest BCUT2D eigenvalue weighted by atomic mass is 10.3. The van der Waals surface area contributed by atoms with Gasteiger partial charge in [0.25, 0.3) is 0 Å². The quantitative estimate of drug-likeness (QED) is 0.897. The van der Waals surface area contributed by atoms with Crippen LogP contribution in [0.2, 0.25) is 10.0 Å². The molecule has 1 aromatic carbocycles. The van der Waals surface area contributed by atoms with Crippen molar-refractivity contribution in [3.05, 3.63) is 22.2 Å². The number of halogens is 2. The number of rotatable bonds is 4. The summed E-state index contributed by atoms with van der Waals surface area (Å²) in [4.78, 5) is 11.2. The minimum atomic E-state index is -0.0868. The van der Waals surface area contributed by atoms with Crippen LogP contribution in [0.15, 0.2) is 12.1 Å². The minimum absolute atomic E-state index is 0.0868. The molecule has 0 saturated heterocycles. The second-order valence-electron chi connectivity index (χ2n) is 3.10. The summed E-state index contributed by atoms with van der Waals surface area (Å²) in [6, 6.07) is 3.23. The molecule has 0 unspecified atom stereocenters. The lowest BCUT2D eigenvalue weighted by molar-refractivity contribution is -0.115. The molecule has 0 atom stereocenters. The highest BCUT2D eigenvalue weighted by Gasteiger charge is 2.10. The number of hydrogen-bond acceptors (Lipinski definition) is 2. The van der Waals surface area contributed by atoms with Gasteiger partial charge in [-0.2, -0.15) is 0 Å². The van der Waals surface area contributed by atoms with E-state index in [9.17, 15) is 4.79 Å². The largest absolute Gasteiger partial charge is 0.491 e. The zero-order valence-corrected chi connectivity index (χ0v) is 10.7. The predicted octanol–water partition coefficient (Wildman–Crippen LogP) is 3.74. The number of anilines is 1. The van der Waals surface area contributed by atoms with E-state index in [1.54, 1.807) is 19.1 Å². The summed E-state index contributed by atoms with van der Waals surface area (Å²) >= 11 is 12.0. The number of ether oxygens (including phenoxy) is 1. The Morgan fingerprint density at radius 3 is 2.31 bits per heavy atom. The highest BCUT2D eigenvalue weighted by molar-refractivity contribution is 6.37. The van der Waals surface area contributed by atoms with Crippen molar-refractivity contribution in [2.45, 2.75) is 20.3 Å². The van der Waals surface area contributed by atoms with Gasteiger partial charge in [0.15, 0.2) is 5.75 Å². The molecule has 0 fully saturated rings. The molecular formula is C11H13Cl2NO2. The molecule has 88 valence electrons. The fraction of sp³-hybridized carbons (Fsp3) is 0.364. The molecule has 0 spiro atoms. The molecule has 1 N–H and O–H groups in total. The Bertz CT molecular complexity index is 371. The smallest absolute Gasteiger partial charge is 0.224 e. The number of benzene rings is 1. The topological polar surface area (TPSA) is 38.3 Å². The van der Waals surface area contributed by atoms with Crippen LogP contribution >= 0.6 is 23.2 Å². The number of hydrogen-bond donors (Lipinski definition) is 1. The van der Waals surface area contributed by atoms with Crippen molar-refractivity contribution in [3.63, 3.8) is 0 Å². The van der Waals surface area contributed by atoms with Crippen molar-refractivity contribution in [2.75, 3.05) is 11.9 Å². The van der Waals surface area contributed by atoms with E-state index in [0.717, 1.165) is 0 Å². The minimum Gasteiger partial charge on any atom is -0.491 e. The van der Waals surface area contributed by atoms with Crippen molar-refractivity contribution in [2.24, 2.45) is 0 Å². The molecule has 1 amide bonds. The third kappa shape index (κ3) is 3.29. The van der Waals surface area contributed by atoms with Crippen molar-refractivity contribution in [1.82, 2.24) is 0 Å². The number of amides is 1. The lowest BCUT2D eigenvalue weighted by Gasteiger charge is -2.10. The summed E-state index contributed by atoms with van der Waals surface area (Å²) in [5.74, 6) is 0.358. The van der Waals surface area contributed by atoms with Gasteiger partial charge in [0, 0.05) is 12.1 Å². The third-order valence-corrected chi connectivity index (χ3v) is 2.45. The van der Waals surface area contributed by atoms with Gasteiger partial charge >= 0.3 is 0 Å². The molecule has 0 aliphatic heterocycles. The third-order valence-electron chi connectivity index (χ3n) is 1.89. The summed E-state index contributed by atoms with van der Waals surface area (Å²) in [7, 11) is 0. The average molecular weight is 262 g/mol. The van der Waals surface area contributed by atoms with E-state index in [0.29, 0.717) is 34.5 Å². The van der Waals surface area contributed by atoms with E-state index in [1.807, 2.05) is 6.92 Å². The van der Waals surface area contributed by atoms with E-state index < -0.39 is 0 Å². The van der Waals surface area contributed by atoms with Gasteiger partial charge in [-0.05, 0) is 19.1 Å². The molecule has 16 heavy (non-hydrogen) atoms. The average Bonchev–Trinajstić information content (AvgIpc) is 2.23. The summed E-state index contributed by atoms with van der Waals surface area (Å²) < 4.78 is 5.28. The molecule has 1 rings (SSSR count). The van der Waals surface area contributed by atoms with Crippen molar-refractivity contribution < 1.29 is 9.53 Å². The second kappa shape index (κ2) is 5.97. The van der Waals surface area contributed by atoms with Gasteiger partial charge in [0.2, 0.25) is 5.91 Å². The maximum Gasteiger partial charge on any atom is 0.224 e. The van der Waals surface area contributed by atoms with Crippen LogP contribution in [0.25, 0.3) is 0 Å². The SMILES string of the molecule is CCOc1c(Cl)cc(NC(=O)CC)cc1Cl. The highest BCUT2D eigenvalue weighted by Crippen LogP contribution is 2.35. The first kappa shape index (κ1) is 13.1. The Kier molecular flexibility index (Phi) is 4.90. The van der Waals surface area contributed by atoms with Crippen LogP contribution in [-0.2, 0) is 4.79 Å². The first-order valence-corrected chi connectivity index (χ1v) is 5.75. The second-order valence-corrected chi connectivity index (χ2v) is 3.92. The Morgan fingerprint density at radius 2 is 1.88 bits per heavy atom. The Hall–Kier alpha value is -0.930. The van der Waals surface area contributed by atoms with E-state index in [4.69, 9.17) is 27.9 Å². The molecule has 0 radical (unpaired) electrons. The van der Waals surface area contributed by atoms with E-state index in [2.05, 4.69) is 5.32 Å². The zero-order valence-electron chi connectivity index (χ0n) is 9.14. The highest BCUT2D eigenvalue weighted by atomic mass is 35.5. The summed E-state index contributed by atoms with van der Waals surface area (Å²) in [5.41, 5.74) is 0.574. The molecule has 0 saturated carbocycles. The van der Waals surface area contributed by atoms with E-state index in [1.165, 1.54) is 0 Å². The van der Waals surface area contributed by atoms with Crippen LogP contribution in [0.3, 0.4) is 0 Å². The van der Waals surface area contributed by atoms with Gasteiger partial charge in [-0.15, -0.1) is 0 Å². The van der Waals surface area contributed by atoms with Crippen molar-refractivity contribution in [1.29, 1.82) is 0 Å². The predicted molar refractivity (Wildman–Crippen MR) is 66.6 cm³/mol. The van der Waals surface area contributed by atoms with E-state index >= 15 is 0 Å². The Balaban J connectivity index is 2.95. The summed E-state index contributed by atoms with van der Waals surface area (Å²) in [5, 5.41) is 3.46. The van der Waals surface area contributed by atoms with Crippen LogP contribution in [-0.4, -0.2) is 12.5 Å². The van der Waals surface area contributed by atoms with E-state index in [-0.39, 0.29) is 5.91 Å². The van der Waals surface area contributed by atoms with Crippen LogP contribution < -0.4 is 10.1 Å². The fourth-order valence-corrected chi connectivity index (χ4v) is 1.76. The first-order valence-electron chi connectivity index (χ1n) is 5.00. The van der Waals surface area contributed by atoms with Gasteiger partial charge in [0.05, 0.1) is 16.7 Å². The van der Waals surface area contributed by atoms with Crippen LogP contribution in [0.4, 0.5) is 5.69 Å². The number of nitrogens with one attached hydrogen (secondary N) is 1. The fourth-order valence-electron chi connectivity index (χ4n) is 1.16. The number of carbonyl (C=O) groups excluding carboxylic acids is 1. The molecule has 0 aliphatic rings. The van der Waals surface area contributed by atoms with Crippen LogP contribution in [0.1, 0.15) is 20.3 Å². The first-order chi connectivity index (χ1) is 7.58. The molecule has 0 aromatic heterocycles. The van der Waals surface area contributed by atoms with Crippen LogP contribution in [0.5, 0.6) is 5.75 Å². The molecular weight excluding hydrogens is 249 g/mol. The van der Waals surface area contributed by atoms with Gasteiger partial charge < -0.3 is 10.1 Å². The van der Waals surface area contributed by atoms with Gasteiger partial charge in [-0.25, -0.2) is 0 Å². The van der Waals surface area contributed by atoms with Gasteiger partial charge in [0.1, 0.15) is 0 Å². The lowest BCUT2D eigenvalue weighted by Crippen LogP contribution is -2.09. The maximum absolute atomic E-state index is 11.2. The molecule has 0 aliphatic carbocycles. The zero-order chi connectivity index (χ0) is 12.1. The standard InChI is InChI=1S/C11H13Cl2NO2/c1-3-10(15)14-7-5-8(12)11(16-4-2)9(13)6-7/h5-6H,3-4H2,1-2H3,(H,14,15). The summed E-state index contributed by atoms with van der Waals surface area (Å²) in [6.07, 6.45) is 0.405. The van der Waals surface area contributed by atoms with Gasteiger partial charge in [-0.3, -0.25) is 4.79 Å². The maximum atomic E-state index is 11.2. The molecule has 3 nitrogen and oxygen atoms in total. The van der Waals surface area contributed by atoms with Crippen molar-refractivity contribution >= 4 is 34.8 Å². The Labute approximate surface area is 105 Å². The number of carbonyl (C=O) groups is 1. The normalized spacial score (nSPS) is 10.0. The molecule has 1 aromatic rings. The molecule has 5 heteroatoms. The van der Waals surface area contributed by atoms with Crippen LogP contribution in [0, 0.1) is 0 Å². The molecule has 0 bridgehead atoms. The van der Waals surface area contributed by atoms with Crippen molar-refractivity contribution in [3.8, 4) is 5.75 Å².